The van der Waals surface area contributed by atoms with E-state index in [1.54, 1.807) is 5.51 Å². The summed E-state index contributed by atoms with van der Waals surface area (Å²) in [4.78, 5) is 0. The van der Waals surface area contributed by atoms with E-state index in [0.717, 1.165) is 0 Å². The van der Waals surface area contributed by atoms with E-state index in [1.165, 1.54) is 17.5 Å². The van der Waals surface area contributed by atoms with Crippen LogP contribution in [-0.2, 0) is 0 Å². The van der Waals surface area contributed by atoms with E-state index in [0.29, 0.717) is 10.8 Å². The van der Waals surface area contributed by atoms with Crippen LogP contribution in [0, 0.1) is 0 Å². The Bertz CT molecular complexity index is 257. The van der Waals surface area contributed by atoms with Crippen LogP contribution in [0.1, 0.15) is 0 Å². The molecule has 5 nitrogen and oxygen atoms in total. The zero-order chi connectivity index (χ0) is 6.81. The topological polar surface area (TPSA) is 64.7 Å². The Morgan fingerprint density at radius 1 is 1.40 bits per heavy atom. The van der Waals surface area contributed by atoms with Gasteiger partial charge in [-0.1, -0.05) is 11.3 Å². The first-order valence-corrected chi connectivity index (χ1v) is 3.38. The maximum atomic E-state index is 4.72. The molecular formula is C4H2N4OS. The molecule has 0 saturated carbocycles. The highest BCUT2D eigenvalue weighted by molar-refractivity contribution is 7.12. The molecule has 0 aliphatic heterocycles. The third kappa shape index (κ3) is 0.781. The molecule has 2 aromatic heterocycles. The van der Waals surface area contributed by atoms with Crippen LogP contribution < -0.4 is 0 Å². The standard InChI is InChI=1S/C4H2N4OS/c1-3(9-8-5-1)4-7-6-2-10-4/h1-2H. The van der Waals surface area contributed by atoms with Gasteiger partial charge in [0, 0.05) is 5.27 Å². The SMILES string of the molecule is c1nnc(-c2cnno2)s1. The molecule has 0 spiro atoms. The summed E-state index contributed by atoms with van der Waals surface area (Å²) in [6.07, 6.45) is 1.50. The molecule has 50 valence electrons. The molecule has 2 rings (SSSR count). The lowest BCUT2D eigenvalue weighted by Gasteiger charge is -1.77. The fourth-order valence-electron chi connectivity index (χ4n) is 0.542. The molecule has 0 bridgehead atoms. The third-order valence-corrected chi connectivity index (χ3v) is 1.64. The van der Waals surface area contributed by atoms with Crippen molar-refractivity contribution in [1.82, 2.24) is 20.6 Å². The van der Waals surface area contributed by atoms with Crippen molar-refractivity contribution in [3.63, 3.8) is 0 Å². The molecule has 0 aliphatic carbocycles. The first-order chi connectivity index (χ1) is 4.97. The normalized spacial score (nSPS) is 10.0. The number of aromatic nitrogens is 4. The highest BCUT2D eigenvalue weighted by Crippen LogP contribution is 2.17. The zero-order valence-electron chi connectivity index (χ0n) is 4.76. The highest BCUT2D eigenvalue weighted by atomic mass is 32.1. The summed E-state index contributed by atoms with van der Waals surface area (Å²) in [6.45, 7) is 0. The molecule has 0 radical (unpaired) electrons. The van der Waals surface area contributed by atoms with E-state index in [9.17, 15) is 0 Å². The maximum absolute atomic E-state index is 4.72. The van der Waals surface area contributed by atoms with Crippen molar-refractivity contribution >= 4 is 11.3 Å². The lowest BCUT2D eigenvalue weighted by atomic mass is 10.5. The minimum atomic E-state index is 0.558. The van der Waals surface area contributed by atoms with E-state index in [4.69, 9.17) is 4.52 Å². The fraction of sp³-hybridized carbons (Fsp3) is 0. The first kappa shape index (κ1) is 5.48. The zero-order valence-corrected chi connectivity index (χ0v) is 5.58. The Morgan fingerprint density at radius 2 is 2.40 bits per heavy atom. The molecule has 6 heteroatoms. The van der Waals surface area contributed by atoms with E-state index in [2.05, 4.69) is 20.6 Å². The van der Waals surface area contributed by atoms with Gasteiger partial charge in [0.15, 0.2) is 5.01 Å². The van der Waals surface area contributed by atoms with Gasteiger partial charge in [0.2, 0.25) is 5.76 Å². The summed E-state index contributed by atoms with van der Waals surface area (Å²) in [5, 5.41) is 14.9. The fourth-order valence-corrected chi connectivity index (χ4v) is 1.04. The van der Waals surface area contributed by atoms with Crippen LogP contribution in [0.4, 0.5) is 0 Å². The summed E-state index contributed by atoms with van der Waals surface area (Å²) in [5.74, 6) is 0.558. The molecular weight excluding hydrogens is 152 g/mol. The largest absolute Gasteiger partial charge is 0.334 e. The first-order valence-electron chi connectivity index (χ1n) is 2.51. The minimum Gasteiger partial charge on any atom is -0.334 e. The van der Waals surface area contributed by atoms with Gasteiger partial charge < -0.3 is 4.52 Å². The molecule has 0 fully saturated rings. The lowest BCUT2D eigenvalue weighted by molar-refractivity contribution is 0.403. The van der Waals surface area contributed by atoms with Crippen molar-refractivity contribution < 1.29 is 4.52 Å². The van der Waals surface area contributed by atoms with Gasteiger partial charge in [0.25, 0.3) is 0 Å². The van der Waals surface area contributed by atoms with Crippen molar-refractivity contribution in [2.45, 2.75) is 0 Å². The Morgan fingerprint density at radius 3 is 3.00 bits per heavy atom. The Kier molecular flexibility index (Phi) is 1.17. The summed E-state index contributed by atoms with van der Waals surface area (Å²) >= 11 is 1.38. The number of rotatable bonds is 1. The Hall–Kier alpha value is -1.30. The monoisotopic (exact) mass is 154 g/mol. The second-order valence-electron chi connectivity index (χ2n) is 1.53. The van der Waals surface area contributed by atoms with E-state index < -0.39 is 0 Å². The summed E-state index contributed by atoms with van der Waals surface area (Å²) in [7, 11) is 0. The molecule has 2 aromatic rings. The molecule has 0 unspecified atom stereocenters. The molecule has 10 heavy (non-hydrogen) atoms. The second-order valence-corrected chi connectivity index (χ2v) is 2.36. The number of nitrogens with zero attached hydrogens (tertiary/aromatic N) is 4. The van der Waals surface area contributed by atoms with Gasteiger partial charge in [0.05, 0.1) is 0 Å². The van der Waals surface area contributed by atoms with E-state index in [-0.39, 0.29) is 0 Å². The van der Waals surface area contributed by atoms with Gasteiger partial charge in [-0.15, -0.1) is 15.3 Å². The van der Waals surface area contributed by atoms with Crippen LogP contribution in [0.5, 0.6) is 0 Å². The molecule has 0 aliphatic rings. The molecule has 0 amide bonds. The molecule has 0 aromatic carbocycles. The van der Waals surface area contributed by atoms with E-state index >= 15 is 0 Å². The van der Waals surface area contributed by atoms with Crippen LogP contribution >= 0.6 is 11.3 Å². The molecule has 0 saturated heterocycles. The summed E-state index contributed by atoms with van der Waals surface area (Å²) < 4.78 is 4.72. The van der Waals surface area contributed by atoms with Crippen LogP contribution in [-0.4, -0.2) is 20.6 Å². The van der Waals surface area contributed by atoms with Gasteiger partial charge in [-0.2, -0.15) is 0 Å². The van der Waals surface area contributed by atoms with Gasteiger partial charge in [-0.25, -0.2) is 0 Å². The predicted molar refractivity (Wildman–Crippen MR) is 33.2 cm³/mol. The third-order valence-electron chi connectivity index (χ3n) is 0.932. The van der Waals surface area contributed by atoms with E-state index in [1.807, 2.05) is 0 Å². The maximum Gasteiger partial charge on any atom is 0.217 e. The average molecular weight is 154 g/mol. The predicted octanol–water partition coefficient (Wildman–Crippen LogP) is 0.588. The van der Waals surface area contributed by atoms with Crippen molar-refractivity contribution in [3.8, 4) is 10.8 Å². The van der Waals surface area contributed by atoms with Crippen molar-refractivity contribution in [3.05, 3.63) is 11.7 Å². The smallest absolute Gasteiger partial charge is 0.217 e. The minimum absolute atomic E-state index is 0.558. The van der Waals surface area contributed by atoms with Gasteiger partial charge >= 0.3 is 0 Å². The number of hydrogen-bond acceptors (Lipinski definition) is 6. The average Bonchev–Trinajstić information content (AvgIpc) is 2.59. The summed E-state index contributed by atoms with van der Waals surface area (Å²) in [5.41, 5.74) is 1.62. The van der Waals surface area contributed by atoms with Gasteiger partial charge in [0.1, 0.15) is 11.7 Å². The Balaban J connectivity index is 2.48. The van der Waals surface area contributed by atoms with Gasteiger partial charge in [-0.05, 0) is 0 Å². The van der Waals surface area contributed by atoms with Crippen molar-refractivity contribution in [2.24, 2.45) is 0 Å². The van der Waals surface area contributed by atoms with Crippen molar-refractivity contribution in [1.29, 1.82) is 0 Å². The highest BCUT2D eigenvalue weighted by Gasteiger charge is 2.04. The lowest BCUT2D eigenvalue weighted by Crippen LogP contribution is -1.70. The van der Waals surface area contributed by atoms with Crippen LogP contribution in [0.25, 0.3) is 10.8 Å². The van der Waals surface area contributed by atoms with Crippen LogP contribution in [0.2, 0.25) is 0 Å². The van der Waals surface area contributed by atoms with Crippen LogP contribution in [0.15, 0.2) is 16.2 Å². The Labute approximate surface area is 59.7 Å². The van der Waals surface area contributed by atoms with Crippen molar-refractivity contribution in [2.75, 3.05) is 0 Å². The van der Waals surface area contributed by atoms with Crippen LogP contribution in [0.3, 0.4) is 0 Å². The molecule has 0 N–H and O–H groups in total. The quantitative estimate of drug-likeness (QED) is 0.601. The van der Waals surface area contributed by atoms with Gasteiger partial charge in [-0.3, -0.25) is 0 Å². The summed E-state index contributed by atoms with van der Waals surface area (Å²) in [6, 6.07) is 0. The second kappa shape index (κ2) is 2.14. The molecule has 0 atom stereocenters. The number of hydrogen-bond donors (Lipinski definition) is 0. The molecule has 2 heterocycles.